The van der Waals surface area contributed by atoms with Crippen LogP contribution in [0.1, 0.15) is 43.1 Å². The molecule has 0 saturated carbocycles. The minimum atomic E-state index is -0.629. The number of nitro benzene ring substituents is 1. The number of hydrogen-bond acceptors (Lipinski definition) is 4. The molecule has 0 aliphatic heterocycles. The molecule has 2 aromatic rings. The Morgan fingerprint density at radius 3 is 2.50 bits per heavy atom. The fraction of sp³-hybridized carbons (Fsp3) is 0.263. The van der Waals surface area contributed by atoms with Crippen LogP contribution in [0.2, 0.25) is 5.02 Å². The fourth-order valence-corrected chi connectivity index (χ4v) is 2.86. The van der Waals surface area contributed by atoms with Crippen LogP contribution in [0.5, 0.6) is 0 Å². The van der Waals surface area contributed by atoms with Crippen molar-refractivity contribution >= 4 is 28.9 Å². The highest BCUT2D eigenvalue weighted by Gasteiger charge is 2.21. The first-order chi connectivity index (χ1) is 12.2. The minimum Gasteiger partial charge on any atom is -0.267 e. The van der Waals surface area contributed by atoms with Crippen LogP contribution in [0, 0.1) is 10.1 Å². The summed E-state index contributed by atoms with van der Waals surface area (Å²) in [7, 11) is 0. The molecule has 0 unspecified atom stereocenters. The third-order valence-electron chi connectivity index (χ3n) is 4.01. The van der Waals surface area contributed by atoms with Crippen molar-refractivity contribution < 1.29 is 9.72 Å². The molecular formula is C19H20ClN3O3. The smallest absolute Gasteiger partial charge is 0.267 e. The summed E-state index contributed by atoms with van der Waals surface area (Å²) in [5.74, 6) is -0.526. The van der Waals surface area contributed by atoms with Crippen molar-refractivity contribution in [3.8, 4) is 0 Å². The molecule has 0 bridgehead atoms. The van der Waals surface area contributed by atoms with Crippen LogP contribution in [0.3, 0.4) is 0 Å². The Balaban J connectivity index is 2.08. The molecule has 2 aromatic carbocycles. The summed E-state index contributed by atoms with van der Waals surface area (Å²) in [6, 6.07) is 13.9. The van der Waals surface area contributed by atoms with E-state index in [0.29, 0.717) is 6.42 Å². The third-order valence-corrected chi connectivity index (χ3v) is 4.33. The van der Waals surface area contributed by atoms with E-state index in [0.717, 1.165) is 11.8 Å². The maximum Gasteiger partial charge on any atom is 0.288 e. The minimum absolute atomic E-state index is 0.0177. The van der Waals surface area contributed by atoms with Crippen molar-refractivity contribution in [3.05, 3.63) is 74.8 Å². The van der Waals surface area contributed by atoms with Crippen LogP contribution in [0.4, 0.5) is 5.69 Å². The second-order valence-electron chi connectivity index (χ2n) is 6.64. The maximum absolute atomic E-state index is 12.2. The molecule has 0 aliphatic carbocycles. The number of carbonyl (C=O) groups excluding carboxylic acids is 1. The molecule has 0 aliphatic rings. The van der Waals surface area contributed by atoms with Crippen LogP contribution in [0.25, 0.3) is 0 Å². The van der Waals surface area contributed by atoms with Gasteiger partial charge in [-0.3, -0.25) is 14.9 Å². The van der Waals surface area contributed by atoms with Gasteiger partial charge >= 0.3 is 0 Å². The zero-order chi connectivity index (χ0) is 19.3. The lowest BCUT2D eigenvalue weighted by atomic mass is 9.80. The molecule has 1 amide bonds. The summed E-state index contributed by atoms with van der Waals surface area (Å²) < 4.78 is 0. The van der Waals surface area contributed by atoms with Crippen molar-refractivity contribution in [1.29, 1.82) is 0 Å². The van der Waals surface area contributed by atoms with Gasteiger partial charge in [-0.1, -0.05) is 55.8 Å². The van der Waals surface area contributed by atoms with Crippen LogP contribution >= 0.6 is 11.6 Å². The lowest BCUT2D eigenvalue weighted by Gasteiger charge is -2.25. The van der Waals surface area contributed by atoms with E-state index < -0.39 is 10.8 Å². The Morgan fingerprint density at radius 1 is 1.23 bits per heavy atom. The van der Waals surface area contributed by atoms with Gasteiger partial charge in [-0.25, -0.2) is 5.43 Å². The third kappa shape index (κ3) is 4.89. The van der Waals surface area contributed by atoms with Crippen molar-refractivity contribution in [2.24, 2.45) is 5.10 Å². The van der Waals surface area contributed by atoms with Crippen LogP contribution in [-0.2, 0) is 5.41 Å². The SMILES string of the molecule is C/C(CC(C)(C)c1ccccc1)=N/NC(=O)c1ccc(Cl)c([N+](=O)[O-])c1. The number of hydrogen-bond donors (Lipinski definition) is 1. The van der Waals surface area contributed by atoms with Crippen molar-refractivity contribution in [2.75, 3.05) is 0 Å². The Labute approximate surface area is 157 Å². The summed E-state index contributed by atoms with van der Waals surface area (Å²) in [4.78, 5) is 22.5. The Morgan fingerprint density at radius 2 is 1.88 bits per heavy atom. The number of halogens is 1. The highest BCUT2D eigenvalue weighted by atomic mass is 35.5. The molecule has 0 atom stereocenters. The second kappa shape index (κ2) is 8.10. The lowest BCUT2D eigenvalue weighted by Crippen LogP contribution is -2.24. The summed E-state index contributed by atoms with van der Waals surface area (Å²) in [6.45, 7) is 6.03. The van der Waals surface area contributed by atoms with Crippen molar-refractivity contribution in [2.45, 2.75) is 32.6 Å². The molecule has 0 radical (unpaired) electrons. The Kier molecular flexibility index (Phi) is 6.10. The highest BCUT2D eigenvalue weighted by Crippen LogP contribution is 2.27. The molecule has 0 heterocycles. The van der Waals surface area contributed by atoms with Gasteiger partial charge in [-0.15, -0.1) is 0 Å². The van der Waals surface area contributed by atoms with E-state index in [-0.39, 0.29) is 21.7 Å². The van der Waals surface area contributed by atoms with Gasteiger partial charge in [0.1, 0.15) is 5.02 Å². The molecule has 0 aromatic heterocycles. The number of carbonyl (C=O) groups is 1. The zero-order valence-electron chi connectivity index (χ0n) is 14.8. The van der Waals surface area contributed by atoms with Gasteiger partial charge in [0, 0.05) is 17.3 Å². The van der Waals surface area contributed by atoms with Gasteiger partial charge in [0.05, 0.1) is 4.92 Å². The monoisotopic (exact) mass is 373 g/mol. The van der Waals surface area contributed by atoms with E-state index in [2.05, 4.69) is 36.5 Å². The average molecular weight is 374 g/mol. The topological polar surface area (TPSA) is 84.6 Å². The maximum atomic E-state index is 12.2. The first-order valence-electron chi connectivity index (χ1n) is 8.03. The van der Waals surface area contributed by atoms with E-state index in [1.54, 1.807) is 0 Å². The first-order valence-corrected chi connectivity index (χ1v) is 8.41. The molecule has 1 N–H and O–H groups in total. The van der Waals surface area contributed by atoms with Gasteiger partial charge in [0.25, 0.3) is 11.6 Å². The number of nitrogens with zero attached hydrogens (tertiary/aromatic N) is 2. The summed E-state index contributed by atoms with van der Waals surface area (Å²) in [5.41, 5.74) is 4.03. The number of nitro groups is 1. The van der Waals surface area contributed by atoms with Gasteiger partial charge < -0.3 is 0 Å². The quantitative estimate of drug-likeness (QED) is 0.451. The van der Waals surface area contributed by atoms with Crippen molar-refractivity contribution in [3.63, 3.8) is 0 Å². The molecule has 7 heteroatoms. The molecule has 0 fully saturated rings. The highest BCUT2D eigenvalue weighted by molar-refractivity contribution is 6.32. The normalized spacial score (nSPS) is 11.9. The van der Waals surface area contributed by atoms with E-state index in [4.69, 9.17) is 11.6 Å². The van der Waals surface area contributed by atoms with Gasteiger partial charge in [0.2, 0.25) is 0 Å². The zero-order valence-corrected chi connectivity index (χ0v) is 15.6. The summed E-state index contributed by atoms with van der Waals surface area (Å²) >= 11 is 5.75. The molecule has 6 nitrogen and oxygen atoms in total. The number of nitrogens with one attached hydrogen (secondary N) is 1. The lowest BCUT2D eigenvalue weighted by molar-refractivity contribution is -0.384. The molecular weight excluding hydrogens is 354 g/mol. The molecule has 26 heavy (non-hydrogen) atoms. The van der Waals surface area contributed by atoms with E-state index in [1.807, 2.05) is 25.1 Å². The fourth-order valence-electron chi connectivity index (χ4n) is 2.68. The van der Waals surface area contributed by atoms with E-state index in [1.165, 1.54) is 17.7 Å². The van der Waals surface area contributed by atoms with Gasteiger partial charge in [-0.05, 0) is 36.5 Å². The standard InChI is InChI=1S/C19H20ClN3O3/c1-13(12-19(2,3)15-7-5-4-6-8-15)21-22-18(24)14-9-10-16(20)17(11-14)23(25)26/h4-11H,12H2,1-3H3,(H,22,24)/b21-13-. The van der Waals surface area contributed by atoms with Crippen LogP contribution in [-0.4, -0.2) is 16.5 Å². The molecule has 136 valence electrons. The van der Waals surface area contributed by atoms with Crippen LogP contribution < -0.4 is 5.43 Å². The van der Waals surface area contributed by atoms with E-state index in [9.17, 15) is 14.9 Å². The Hall–Kier alpha value is -2.73. The number of hydrazone groups is 1. The first kappa shape index (κ1) is 19.6. The largest absolute Gasteiger partial charge is 0.288 e. The van der Waals surface area contributed by atoms with E-state index >= 15 is 0 Å². The van der Waals surface area contributed by atoms with Crippen LogP contribution in [0.15, 0.2) is 53.6 Å². The molecule has 2 rings (SSSR count). The second-order valence-corrected chi connectivity index (χ2v) is 7.05. The van der Waals surface area contributed by atoms with Gasteiger partial charge in [0.15, 0.2) is 0 Å². The van der Waals surface area contributed by atoms with Gasteiger partial charge in [-0.2, -0.15) is 5.10 Å². The Bertz CT molecular complexity index is 848. The molecule has 0 spiro atoms. The number of amides is 1. The number of benzene rings is 2. The molecule has 0 saturated heterocycles. The summed E-state index contributed by atoms with van der Waals surface area (Å²) in [6.07, 6.45) is 0.651. The average Bonchev–Trinajstić information content (AvgIpc) is 2.60. The van der Waals surface area contributed by atoms with Crippen molar-refractivity contribution in [1.82, 2.24) is 5.43 Å². The predicted octanol–water partition coefficient (Wildman–Crippen LogP) is 4.72. The number of rotatable bonds is 6. The summed E-state index contributed by atoms with van der Waals surface area (Å²) in [5, 5.41) is 15.0. The predicted molar refractivity (Wildman–Crippen MR) is 103 cm³/mol.